The summed E-state index contributed by atoms with van der Waals surface area (Å²) >= 11 is 0. The lowest BCUT2D eigenvalue weighted by Crippen LogP contribution is -2.39. The Morgan fingerprint density at radius 2 is 1.93 bits per heavy atom. The predicted octanol–water partition coefficient (Wildman–Crippen LogP) is 2.45. The molecule has 152 valence electrons. The molecule has 3 heterocycles. The van der Waals surface area contributed by atoms with E-state index in [1.54, 1.807) is 31.1 Å². The molecule has 0 N–H and O–H groups in total. The summed E-state index contributed by atoms with van der Waals surface area (Å²) in [5.74, 6) is 0.652. The summed E-state index contributed by atoms with van der Waals surface area (Å²) < 4.78 is 34.7. The number of piperidine rings is 1. The van der Waals surface area contributed by atoms with Gasteiger partial charge in [-0.2, -0.15) is 4.31 Å². The number of aromatic nitrogens is 4. The summed E-state index contributed by atoms with van der Waals surface area (Å²) in [5, 5.41) is 0.0738. The molecule has 29 heavy (non-hydrogen) atoms. The third-order valence-electron chi connectivity index (χ3n) is 5.14. The third-order valence-corrected chi connectivity index (χ3v) is 6.90. The van der Waals surface area contributed by atoms with Crippen molar-refractivity contribution in [1.82, 2.24) is 23.8 Å². The molecule has 0 saturated carbocycles. The highest BCUT2D eigenvalue weighted by Crippen LogP contribution is 2.36. The largest absolute Gasteiger partial charge is 0.496 e. The van der Waals surface area contributed by atoms with Gasteiger partial charge in [0.1, 0.15) is 5.75 Å². The van der Waals surface area contributed by atoms with E-state index in [2.05, 4.69) is 15.0 Å². The molecule has 0 radical (unpaired) electrons. The van der Waals surface area contributed by atoms with Gasteiger partial charge in [-0.25, -0.2) is 13.4 Å². The lowest BCUT2D eigenvalue weighted by atomic mass is 9.92. The van der Waals surface area contributed by atoms with Gasteiger partial charge in [-0.3, -0.25) is 9.97 Å². The fourth-order valence-corrected chi connectivity index (χ4v) is 5.22. The third kappa shape index (κ3) is 3.75. The van der Waals surface area contributed by atoms with Crippen LogP contribution in [0.2, 0.25) is 0 Å². The van der Waals surface area contributed by atoms with E-state index in [0.29, 0.717) is 18.8 Å². The van der Waals surface area contributed by atoms with Gasteiger partial charge in [-0.05, 0) is 25.0 Å². The number of hydrogen-bond donors (Lipinski definition) is 0. The first kappa shape index (κ1) is 19.5. The molecule has 2 aromatic heterocycles. The van der Waals surface area contributed by atoms with Crippen LogP contribution in [0.3, 0.4) is 0 Å². The van der Waals surface area contributed by atoms with Crippen LogP contribution < -0.4 is 4.74 Å². The fraction of sp³-hybridized carbons (Fsp3) is 0.350. The second-order valence-electron chi connectivity index (χ2n) is 7.07. The Morgan fingerprint density at radius 1 is 1.14 bits per heavy atom. The number of para-hydroxylation sites is 1. The zero-order valence-electron chi connectivity index (χ0n) is 16.4. The highest BCUT2D eigenvalue weighted by Gasteiger charge is 2.34. The van der Waals surface area contributed by atoms with E-state index < -0.39 is 10.0 Å². The van der Waals surface area contributed by atoms with Gasteiger partial charge in [0.25, 0.3) is 10.0 Å². The fourth-order valence-electron chi connectivity index (χ4n) is 3.73. The summed E-state index contributed by atoms with van der Waals surface area (Å²) in [7, 11) is -0.268. The van der Waals surface area contributed by atoms with Crippen molar-refractivity contribution < 1.29 is 13.2 Å². The van der Waals surface area contributed by atoms with Gasteiger partial charge < -0.3 is 9.30 Å². The number of nitrogens with zero attached hydrogens (tertiary/aromatic N) is 5. The molecule has 0 bridgehead atoms. The molecular weight excluding hydrogens is 390 g/mol. The molecule has 0 amide bonds. The highest BCUT2D eigenvalue weighted by molar-refractivity contribution is 7.89. The Bertz CT molecular complexity index is 1110. The number of imidazole rings is 1. The summed E-state index contributed by atoms with van der Waals surface area (Å²) in [6.07, 6.45) is 7.92. The molecule has 3 aromatic rings. The molecule has 1 unspecified atom stereocenters. The molecule has 1 aromatic carbocycles. The summed E-state index contributed by atoms with van der Waals surface area (Å²) in [5.41, 5.74) is 2.37. The maximum atomic E-state index is 13.0. The van der Waals surface area contributed by atoms with Crippen molar-refractivity contribution >= 4 is 10.0 Å². The molecule has 9 heteroatoms. The van der Waals surface area contributed by atoms with Crippen LogP contribution in [0.4, 0.5) is 0 Å². The van der Waals surface area contributed by atoms with Crippen molar-refractivity contribution in [3.8, 4) is 17.0 Å². The van der Waals surface area contributed by atoms with E-state index in [9.17, 15) is 8.42 Å². The number of hydrogen-bond acceptors (Lipinski definition) is 6. The standard InChI is InChI=1S/C20H23N5O3S/c1-24-13-18(23-14-24)29(26,27)25-11-5-6-15(12-25)19-20(22-10-9-21-19)16-7-3-4-8-17(16)28-2/h3-4,7-10,13-15H,5-6,11-12H2,1-2H3. The Morgan fingerprint density at radius 3 is 2.69 bits per heavy atom. The molecule has 0 spiro atoms. The summed E-state index contributed by atoms with van der Waals surface area (Å²) in [4.78, 5) is 13.2. The van der Waals surface area contributed by atoms with Crippen molar-refractivity contribution in [1.29, 1.82) is 0 Å². The van der Waals surface area contributed by atoms with E-state index in [-0.39, 0.29) is 10.9 Å². The summed E-state index contributed by atoms with van der Waals surface area (Å²) in [6.45, 7) is 0.819. The maximum Gasteiger partial charge on any atom is 0.262 e. The van der Waals surface area contributed by atoms with Gasteiger partial charge in [0.2, 0.25) is 0 Å². The molecule has 0 aliphatic carbocycles. The highest BCUT2D eigenvalue weighted by atomic mass is 32.2. The molecular formula is C20H23N5O3S. The van der Waals surface area contributed by atoms with E-state index in [0.717, 1.165) is 29.8 Å². The maximum absolute atomic E-state index is 13.0. The second kappa shape index (κ2) is 7.92. The summed E-state index contributed by atoms with van der Waals surface area (Å²) in [6, 6.07) is 7.65. The van der Waals surface area contributed by atoms with Crippen LogP contribution in [0.1, 0.15) is 24.5 Å². The molecule has 1 atom stereocenters. The van der Waals surface area contributed by atoms with Crippen LogP contribution in [0.15, 0.2) is 54.2 Å². The zero-order valence-corrected chi connectivity index (χ0v) is 17.2. The number of ether oxygens (including phenoxy) is 1. The van der Waals surface area contributed by atoms with E-state index in [1.165, 1.54) is 16.8 Å². The minimum absolute atomic E-state index is 0.0594. The minimum Gasteiger partial charge on any atom is -0.496 e. The van der Waals surface area contributed by atoms with Gasteiger partial charge in [0.05, 0.1) is 24.8 Å². The lowest BCUT2D eigenvalue weighted by molar-refractivity contribution is 0.312. The second-order valence-corrected chi connectivity index (χ2v) is 8.95. The Kier molecular flexibility index (Phi) is 5.33. The van der Waals surface area contributed by atoms with Gasteiger partial charge in [0, 0.05) is 50.2 Å². The van der Waals surface area contributed by atoms with Crippen LogP contribution in [-0.4, -0.2) is 52.4 Å². The van der Waals surface area contributed by atoms with Crippen LogP contribution in [0.5, 0.6) is 5.75 Å². The van der Waals surface area contributed by atoms with Crippen LogP contribution in [-0.2, 0) is 17.1 Å². The van der Waals surface area contributed by atoms with E-state index in [1.807, 2.05) is 24.3 Å². The molecule has 4 rings (SSSR count). The van der Waals surface area contributed by atoms with Crippen LogP contribution in [0, 0.1) is 0 Å². The number of rotatable bonds is 5. The van der Waals surface area contributed by atoms with Crippen molar-refractivity contribution in [3.63, 3.8) is 0 Å². The van der Waals surface area contributed by atoms with Crippen molar-refractivity contribution in [2.24, 2.45) is 7.05 Å². The van der Waals surface area contributed by atoms with Gasteiger partial charge in [-0.1, -0.05) is 12.1 Å². The minimum atomic E-state index is -3.64. The first-order valence-electron chi connectivity index (χ1n) is 9.43. The zero-order chi connectivity index (χ0) is 20.4. The molecule has 1 aliphatic heterocycles. The molecule has 1 saturated heterocycles. The average molecular weight is 414 g/mol. The number of sulfonamides is 1. The number of methoxy groups -OCH3 is 1. The topological polar surface area (TPSA) is 90.2 Å². The van der Waals surface area contributed by atoms with Crippen LogP contribution >= 0.6 is 0 Å². The molecule has 1 fully saturated rings. The van der Waals surface area contributed by atoms with Gasteiger partial charge in [-0.15, -0.1) is 0 Å². The molecule has 8 nitrogen and oxygen atoms in total. The van der Waals surface area contributed by atoms with Crippen molar-refractivity contribution in [2.75, 3.05) is 20.2 Å². The SMILES string of the molecule is COc1ccccc1-c1nccnc1C1CCCN(S(=O)(=O)c2cn(C)cn2)C1. The lowest BCUT2D eigenvalue weighted by Gasteiger charge is -2.31. The number of benzene rings is 1. The smallest absolute Gasteiger partial charge is 0.262 e. The monoisotopic (exact) mass is 413 g/mol. The van der Waals surface area contributed by atoms with E-state index >= 15 is 0 Å². The van der Waals surface area contributed by atoms with Gasteiger partial charge in [0.15, 0.2) is 5.03 Å². The van der Waals surface area contributed by atoms with Crippen molar-refractivity contribution in [3.05, 3.63) is 54.9 Å². The Labute approximate surface area is 170 Å². The normalized spacial score (nSPS) is 17.9. The van der Waals surface area contributed by atoms with Crippen molar-refractivity contribution in [2.45, 2.75) is 23.8 Å². The predicted molar refractivity (Wildman–Crippen MR) is 108 cm³/mol. The number of aryl methyl sites for hydroxylation is 1. The molecule has 1 aliphatic rings. The first-order valence-corrected chi connectivity index (χ1v) is 10.9. The van der Waals surface area contributed by atoms with Crippen LogP contribution in [0.25, 0.3) is 11.3 Å². The average Bonchev–Trinajstić information content (AvgIpc) is 3.21. The Balaban J connectivity index is 1.68. The Hall–Kier alpha value is -2.78. The first-order chi connectivity index (χ1) is 14.0. The van der Waals surface area contributed by atoms with E-state index in [4.69, 9.17) is 4.74 Å². The quantitative estimate of drug-likeness (QED) is 0.638. The van der Waals surface area contributed by atoms with Gasteiger partial charge >= 0.3 is 0 Å².